The van der Waals surface area contributed by atoms with E-state index in [1.54, 1.807) is 39.0 Å². The highest BCUT2D eigenvalue weighted by atomic mass is 32.1. The zero-order chi connectivity index (χ0) is 25.2. The van der Waals surface area contributed by atoms with E-state index in [1.807, 2.05) is 25.3 Å². The Kier molecular flexibility index (Phi) is 8.68. The van der Waals surface area contributed by atoms with Crippen molar-refractivity contribution in [3.63, 3.8) is 0 Å². The number of hydrogen-bond donors (Lipinski definition) is 2. The summed E-state index contributed by atoms with van der Waals surface area (Å²) in [5, 5.41) is 24.3. The summed E-state index contributed by atoms with van der Waals surface area (Å²) in [6, 6.07) is 0. The van der Waals surface area contributed by atoms with Gasteiger partial charge in [0.1, 0.15) is 11.9 Å². The molecule has 34 heavy (non-hydrogen) atoms. The molecule has 2 fully saturated rings. The summed E-state index contributed by atoms with van der Waals surface area (Å²) < 4.78 is 17.4. The maximum absolute atomic E-state index is 13.1. The average Bonchev–Trinajstić information content (AvgIpc) is 3.38. The van der Waals surface area contributed by atoms with Crippen LogP contribution in [-0.2, 0) is 23.8 Å². The summed E-state index contributed by atoms with van der Waals surface area (Å²) in [5.41, 5.74) is 0.387. The van der Waals surface area contributed by atoms with Crippen molar-refractivity contribution in [2.75, 3.05) is 6.61 Å². The SMILES string of the molecule is C/C(=C\c1csc(C)n1)[C@@H]1C[C@@H]2O[C@@H]2CCO[C@H](C)[C@H](O)[C@@H](C)C(=O)C(C)(C)[C@@H](O)CC(=O)O1. The first kappa shape index (κ1) is 26.9. The summed E-state index contributed by atoms with van der Waals surface area (Å²) in [7, 11) is 0. The monoisotopic (exact) mass is 495 g/mol. The number of carbonyl (C=O) groups is 2. The highest BCUT2D eigenvalue weighted by molar-refractivity contribution is 7.09. The van der Waals surface area contributed by atoms with Gasteiger partial charge in [0.05, 0.1) is 53.1 Å². The quantitative estimate of drug-likeness (QED) is 0.475. The van der Waals surface area contributed by atoms with Gasteiger partial charge in [0.25, 0.3) is 0 Å². The molecule has 1 aromatic heterocycles. The Morgan fingerprint density at radius 2 is 1.94 bits per heavy atom. The Labute approximate surface area is 205 Å². The molecule has 0 unspecified atom stereocenters. The number of thiazole rings is 1. The second-order valence-corrected chi connectivity index (χ2v) is 11.1. The fourth-order valence-electron chi connectivity index (χ4n) is 4.35. The van der Waals surface area contributed by atoms with E-state index in [4.69, 9.17) is 14.2 Å². The van der Waals surface area contributed by atoms with Gasteiger partial charge in [-0.05, 0) is 38.8 Å². The van der Waals surface area contributed by atoms with Gasteiger partial charge in [-0.3, -0.25) is 9.59 Å². The number of nitrogens with zero attached hydrogens (tertiary/aromatic N) is 1. The van der Waals surface area contributed by atoms with E-state index in [1.165, 1.54) is 0 Å². The number of fused-ring (bicyclic) bond motifs is 1. The number of cyclic esters (lactones) is 1. The van der Waals surface area contributed by atoms with Crippen LogP contribution < -0.4 is 0 Å². The van der Waals surface area contributed by atoms with Crippen LogP contribution in [-0.4, -0.2) is 70.2 Å². The smallest absolute Gasteiger partial charge is 0.309 e. The van der Waals surface area contributed by atoms with Crippen molar-refractivity contribution < 1.29 is 34.0 Å². The number of aliphatic hydroxyl groups is 2. The number of epoxide rings is 1. The van der Waals surface area contributed by atoms with Crippen LogP contribution in [0.2, 0.25) is 0 Å². The van der Waals surface area contributed by atoms with Crippen molar-refractivity contribution in [3.05, 3.63) is 21.7 Å². The van der Waals surface area contributed by atoms with Gasteiger partial charge in [0.15, 0.2) is 0 Å². The van der Waals surface area contributed by atoms with Gasteiger partial charge < -0.3 is 24.4 Å². The van der Waals surface area contributed by atoms with Gasteiger partial charge in [-0.1, -0.05) is 20.8 Å². The number of esters is 1. The molecule has 0 aliphatic carbocycles. The molecular formula is C25H37NO7S. The Morgan fingerprint density at radius 3 is 2.59 bits per heavy atom. The number of aliphatic hydroxyl groups excluding tert-OH is 2. The summed E-state index contributed by atoms with van der Waals surface area (Å²) in [6.07, 6.45) is -0.780. The minimum absolute atomic E-state index is 0.0173. The number of aromatic nitrogens is 1. The first-order chi connectivity index (χ1) is 15.9. The average molecular weight is 496 g/mol. The highest BCUT2D eigenvalue weighted by Gasteiger charge is 2.44. The molecule has 0 bridgehead atoms. The predicted octanol–water partition coefficient (Wildman–Crippen LogP) is 3.08. The number of aryl methyl sites for hydroxylation is 1. The minimum atomic E-state index is -1.26. The Balaban J connectivity index is 1.81. The third-order valence-electron chi connectivity index (χ3n) is 6.95. The molecule has 0 saturated carbocycles. The van der Waals surface area contributed by atoms with E-state index in [-0.39, 0.29) is 24.4 Å². The number of ether oxygens (including phenoxy) is 3. The zero-order valence-corrected chi connectivity index (χ0v) is 21.6. The van der Waals surface area contributed by atoms with Crippen LogP contribution in [0.25, 0.3) is 6.08 Å². The van der Waals surface area contributed by atoms with Crippen molar-refractivity contribution in [1.82, 2.24) is 4.98 Å². The summed E-state index contributed by atoms with van der Waals surface area (Å²) in [5.74, 6) is -1.69. The second kappa shape index (κ2) is 11.0. The van der Waals surface area contributed by atoms with Gasteiger partial charge in [-0.2, -0.15) is 0 Å². The first-order valence-corrected chi connectivity index (χ1v) is 12.8. The van der Waals surface area contributed by atoms with Crippen molar-refractivity contribution in [1.29, 1.82) is 0 Å². The van der Waals surface area contributed by atoms with Gasteiger partial charge in [-0.25, -0.2) is 4.98 Å². The second-order valence-electron chi connectivity index (χ2n) is 10.1. The predicted molar refractivity (Wildman–Crippen MR) is 128 cm³/mol. The molecule has 3 rings (SSSR count). The Bertz CT molecular complexity index is 911. The molecule has 2 saturated heterocycles. The standard InChI is InChI=1S/C25H37NO7S/c1-13(9-17-12-34-16(4)26-17)19-10-20-18(32-20)7-8-31-15(3)23(29)14(2)24(30)25(5,6)21(27)11-22(28)33-19/h9,12,14-15,18-21,23,27,29H,7-8,10-11H2,1-6H3/b13-9+/t14-,15-,18-,19+,20+,21+,23-/m1/s1. The first-order valence-electron chi connectivity index (χ1n) is 11.9. The number of Topliss-reactive ketones (excluding diaryl/α,β-unsaturated/α-hetero) is 1. The molecule has 7 atom stereocenters. The summed E-state index contributed by atoms with van der Waals surface area (Å²) in [6.45, 7) is 10.7. The van der Waals surface area contributed by atoms with Crippen LogP contribution in [0.5, 0.6) is 0 Å². The number of rotatable bonds is 2. The Morgan fingerprint density at radius 1 is 1.24 bits per heavy atom. The third kappa shape index (κ3) is 6.51. The lowest BCUT2D eigenvalue weighted by atomic mass is 9.74. The molecule has 1 aromatic rings. The summed E-state index contributed by atoms with van der Waals surface area (Å²) >= 11 is 1.54. The van der Waals surface area contributed by atoms with Gasteiger partial charge >= 0.3 is 5.97 Å². The normalized spacial score (nSPS) is 36.0. The lowest BCUT2D eigenvalue weighted by Gasteiger charge is -2.34. The van der Waals surface area contributed by atoms with Gasteiger partial charge in [0, 0.05) is 24.3 Å². The van der Waals surface area contributed by atoms with Crippen molar-refractivity contribution in [2.45, 2.75) is 97.4 Å². The highest BCUT2D eigenvalue weighted by Crippen LogP contribution is 2.34. The topological polar surface area (TPSA) is 118 Å². The lowest BCUT2D eigenvalue weighted by molar-refractivity contribution is -0.155. The molecule has 3 heterocycles. The van der Waals surface area contributed by atoms with Crippen LogP contribution in [0.4, 0.5) is 0 Å². The maximum atomic E-state index is 13.1. The molecule has 0 spiro atoms. The minimum Gasteiger partial charge on any atom is -0.458 e. The molecule has 2 N–H and O–H groups in total. The molecule has 2 aliphatic rings. The molecule has 190 valence electrons. The number of carbonyl (C=O) groups excluding carboxylic acids is 2. The van der Waals surface area contributed by atoms with Crippen LogP contribution in [0.15, 0.2) is 11.0 Å². The molecule has 0 radical (unpaired) electrons. The van der Waals surface area contributed by atoms with Crippen LogP contribution in [0.3, 0.4) is 0 Å². The molecule has 2 aliphatic heterocycles. The third-order valence-corrected chi connectivity index (χ3v) is 7.74. The van der Waals surface area contributed by atoms with Crippen LogP contribution >= 0.6 is 11.3 Å². The zero-order valence-electron chi connectivity index (χ0n) is 20.8. The summed E-state index contributed by atoms with van der Waals surface area (Å²) in [4.78, 5) is 30.4. The maximum Gasteiger partial charge on any atom is 0.309 e. The largest absolute Gasteiger partial charge is 0.458 e. The van der Waals surface area contributed by atoms with Crippen molar-refractivity contribution in [3.8, 4) is 0 Å². The van der Waals surface area contributed by atoms with E-state index in [0.717, 1.165) is 16.3 Å². The number of ketones is 1. The molecule has 8 nitrogen and oxygen atoms in total. The van der Waals surface area contributed by atoms with Crippen molar-refractivity contribution >= 4 is 29.2 Å². The molecular weight excluding hydrogens is 458 g/mol. The van der Waals surface area contributed by atoms with E-state index < -0.39 is 41.7 Å². The Hall–Kier alpha value is -1.65. The number of hydrogen-bond acceptors (Lipinski definition) is 9. The van der Waals surface area contributed by atoms with E-state index >= 15 is 0 Å². The van der Waals surface area contributed by atoms with E-state index in [9.17, 15) is 19.8 Å². The van der Waals surface area contributed by atoms with Crippen LogP contribution in [0.1, 0.15) is 64.6 Å². The lowest BCUT2D eigenvalue weighted by Crippen LogP contribution is -2.47. The molecule has 9 heteroatoms. The van der Waals surface area contributed by atoms with Gasteiger partial charge in [-0.15, -0.1) is 11.3 Å². The van der Waals surface area contributed by atoms with Crippen molar-refractivity contribution in [2.24, 2.45) is 11.3 Å². The van der Waals surface area contributed by atoms with E-state index in [0.29, 0.717) is 19.4 Å². The van der Waals surface area contributed by atoms with E-state index in [2.05, 4.69) is 4.98 Å². The fourth-order valence-corrected chi connectivity index (χ4v) is 4.92. The van der Waals surface area contributed by atoms with Gasteiger partial charge in [0.2, 0.25) is 0 Å². The van der Waals surface area contributed by atoms with Crippen LogP contribution in [0, 0.1) is 18.3 Å². The molecule has 0 amide bonds. The fraction of sp³-hybridized carbons (Fsp3) is 0.720. The molecule has 0 aromatic carbocycles.